The van der Waals surface area contributed by atoms with E-state index < -0.39 is 0 Å². The third-order valence-corrected chi connectivity index (χ3v) is 7.25. The Morgan fingerprint density at radius 1 is 1.07 bits per heavy atom. The molecule has 0 N–H and O–H groups in total. The smallest absolute Gasteiger partial charge is 0.222 e. The van der Waals surface area contributed by atoms with Crippen LogP contribution in [0, 0.1) is 5.82 Å². The Bertz CT molecular complexity index is 955. The summed E-state index contributed by atoms with van der Waals surface area (Å²) in [4.78, 5) is 21.1. The van der Waals surface area contributed by atoms with Crippen LogP contribution >= 0.6 is 23.1 Å². The molecular formula is C22H24FN3OS2. The third-order valence-electron chi connectivity index (χ3n) is 5.05. The van der Waals surface area contributed by atoms with E-state index in [4.69, 9.17) is 0 Å². The molecule has 0 bridgehead atoms. The van der Waals surface area contributed by atoms with Crippen LogP contribution < -0.4 is 4.90 Å². The fourth-order valence-corrected chi connectivity index (χ4v) is 5.39. The Hall–Kier alpha value is -2.12. The summed E-state index contributed by atoms with van der Waals surface area (Å²) in [5.74, 6) is 1.96. The molecule has 7 heteroatoms. The topological polar surface area (TPSA) is 36.4 Å². The minimum atomic E-state index is -0.274. The van der Waals surface area contributed by atoms with Crippen molar-refractivity contribution >= 4 is 44.4 Å². The van der Waals surface area contributed by atoms with Crippen molar-refractivity contribution in [3.8, 4) is 0 Å². The second-order valence-corrected chi connectivity index (χ2v) is 9.21. The van der Waals surface area contributed by atoms with Crippen molar-refractivity contribution in [3.05, 3.63) is 59.9 Å². The first-order valence-electron chi connectivity index (χ1n) is 9.90. The van der Waals surface area contributed by atoms with Crippen LogP contribution in [0.4, 0.5) is 9.52 Å². The van der Waals surface area contributed by atoms with E-state index in [1.807, 2.05) is 28.8 Å². The first kappa shape index (κ1) is 20.2. The van der Waals surface area contributed by atoms with Gasteiger partial charge >= 0.3 is 0 Å². The van der Waals surface area contributed by atoms with Gasteiger partial charge in [0.25, 0.3) is 0 Å². The largest absolute Gasteiger partial charge is 0.345 e. The number of carbonyl (C=O) groups excluding carboxylic acids is 1. The maximum Gasteiger partial charge on any atom is 0.222 e. The molecule has 4 nitrogen and oxygen atoms in total. The Labute approximate surface area is 178 Å². The molecule has 152 valence electrons. The predicted octanol–water partition coefficient (Wildman–Crippen LogP) is 4.80. The number of thioether (sulfide) groups is 1. The quantitative estimate of drug-likeness (QED) is 0.506. The molecule has 0 saturated carbocycles. The van der Waals surface area contributed by atoms with Crippen LogP contribution in [-0.4, -0.2) is 47.7 Å². The summed E-state index contributed by atoms with van der Waals surface area (Å²) in [7, 11) is 0. The molecule has 0 spiro atoms. The minimum Gasteiger partial charge on any atom is -0.345 e. The number of amides is 1. The van der Waals surface area contributed by atoms with E-state index in [-0.39, 0.29) is 11.7 Å². The number of rotatable bonds is 7. The van der Waals surface area contributed by atoms with Crippen LogP contribution in [0.2, 0.25) is 0 Å². The summed E-state index contributed by atoms with van der Waals surface area (Å²) in [6.07, 6.45) is 1.52. The normalized spacial score (nSPS) is 14.5. The van der Waals surface area contributed by atoms with Crippen LogP contribution in [0.3, 0.4) is 0 Å². The molecule has 0 atom stereocenters. The van der Waals surface area contributed by atoms with Gasteiger partial charge in [0.05, 0.1) is 4.70 Å². The molecule has 2 aromatic carbocycles. The van der Waals surface area contributed by atoms with Gasteiger partial charge in [0.1, 0.15) is 11.3 Å². The zero-order valence-electron chi connectivity index (χ0n) is 16.2. The fourth-order valence-electron chi connectivity index (χ4n) is 3.43. The lowest BCUT2D eigenvalue weighted by Gasteiger charge is -2.34. The number of piperazine rings is 1. The molecule has 0 unspecified atom stereocenters. The number of halogens is 1. The van der Waals surface area contributed by atoms with Crippen LogP contribution in [0.1, 0.15) is 18.4 Å². The fraction of sp³-hybridized carbons (Fsp3) is 0.364. The molecular weight excluding hydrogens is 405 g/mol. The predicted molar refractivity (Wildman–Crippen MR) is 120 cm³/mol. The number of aromatic nitrogens is 1. The highest BCUT2D eigenvalue weighted by atomic mass is 32.2. The number of thiazole rings is 1. The van der Waals surface area contributed by atoms with Gasteiger partial charge in [-0.25, -0.2) is 9.37 Å². The summed E-state index contributed by atoms with van der Waals surface area (Å²) in [5.41, 5.74) is 1.77. The zero-order chi connectivity index (χ0) is 20.1. The van der Waals surface area contributed by atoms with Gasteiger partial charge in [-0.05, 0) is 29.9 Å². The number of carbonyl (C=O) groups is 1. The second kappa shape index (κ2) is 9.59. The van der Waals surface area contributed by atoms with Gasteiger partial charge in [-0.2, -0.15) is 11.8 Å². The van der Waals surface area contributed by atoms with E-state index in [0.29, 0.717) is 25.0 Å². The van der Waals surface area contributed by atoms with E-state index in [9.17, 15) is 9.18 Å². The molecule has 4 rings (SSSR count). The number of hydrogen-bond acceptors (Lipinski definition) is 5. The lowest BCUT2D eigenvalue weighted by atomic mass is 10.2. The molecule has 1 aliphatic heterocycles. The van der Waals surface area contributed by atoms with Crippen molar-refractivity contribution in [2.24, 2.45) is 0 Å². The lowest BCUT2D eigenvalue weighted by molar-refractivity contribution is -0.131. The second-order valence-electron chi connectivity index (χ2n) is 7.09. The SMILES string of the molecule is O=C(CCCSCc1ccccc1)N1CCN(c2nc3c(F)cccc3s2)CC1. The van der Waals surface area contributed by atoms with E-state index in [1.54, 1.807) is 6.07 Å². The molecule has 0 aliphatic carbocycles. The van der Waals surface area contributed by atoms with Crippen molar-refractivity contribution in [3.63, 3.8) is 0 Å². The van der Waals surface area contributed by atoms with Crippen LogP contribution in [0.15, 0.2) is 48.5 Å². The molecule has 29 heavy (non-hydrogen) atoms. The summed E-state index contributed by atoms with van der Waals surface area (Å²) < 4.78 is 14.7. The van der Waals surface area contributed by atoms with Gasteiger partial charge in [0.15, 0.2) is 5.13 Å². The standard InChI is InChI=1S/C22H24FN3OS2/c23-18-8-4-9-19-21(18)24-22(29-19)26-13-11-25(12-14-26)20(27)10-5-15-28-16-17-6-2-1-3-7-17/h1-4,6-9H,5,10-16H2. The molecule has 1 saturated heterocycles. The number of para-hydroxylation sites is 1. The van der Waals surface area contributed by atoms with Gasteiger partial charge in [0.2, 0.25) is 5.91 Å². The molecule has 2 heterocycles. The van der Waals surface area contributed by atoms with E-state index >= 15 is 0 Å². The van der Waals surface area contributed by atoms with Crippen molar-refractivity contribution in [1.82, 2.24) is 9.88 Å². The number of anilines is 1. The van der Waals surface area contributed by atoms with Gasteiger partial charge in [-0.15, -0.1) is 0 Å². The van der Waals surface area contributed by atoms with Crippen LogP contribution in [0.25, 0.3) is 10.2 Å². The van der Waals surface area contributed by atoms with Gasteiger partial charge in [-0.3, -0.25) is 4.79 Å². The highest BCUT2D eigenvalue weighted by Crippen LogP contribution is 2.30. The Morgan fingerprint density at radius 3 is 2.62 bits per heavy atom. The maximum absolute atomic E-state index is 13.9. The van der Waals surface area contributed by atoms with Crippen molar-refractivity contribution in [1.29, 1.82) is 0 Å². The van der Waals surface area contributed by atoms with E-state index in [2.05, 4.69) is 34.1 Å². The van der Waals surface area contributed by atoms with Gasteiger partial charge in [-0.1, -0.05) is 47.7 Å². The summed E-state index contributed by atoms with van der Waals surface area (Å²) in [5, 5.41) is 0.842. The van der Waals surface area contributed by atoms with Crippen LogP contribution in [0.5, 0.6) is 0 Å². The maximum atomic E-state index is 13.9. The monoisotopic (exact) mass is 429 g/mol. The summed E-state index contributed by atoms with van der Waals surface area (Å²) in [6.45, 7) is 2.90. The molecule has 0 radical (unpaired) electrons. The highest BCUT2D eigenvalue weighted by molar-refractivity contribution is 7.98. The number of hydrogen-bond donors (Lipinski definition) is 0. The van der Waals surface area contributed by atoms with Gasteiger partial charge < -0.3 is 9.80 Å². The number of nitrogens with zero attached hydrogens (tertiary/aromatic N) is 3. The Morgan fingerprint density at radius 2 is 1.86 bits per heavy atom. The third kappa shape index (κ3) is 5.08. The minimum absolute atomic E-state index is 0.236. The highest BCUT2D eigenvalue weighted by Gasteiger charge is 2.23. The molecule has 1 amide bonds. The number of fused-ring (bicyclic) bond motifs is 1. The van der Waals surface area contributed by atoms with Gasteiger partial charge in [0, 0.05) is 38.4 Å². The Kier molecular flexibility index (Phi) is 6.67. The molecule has 1 aliphatic rings. The average molecular weight is 430 g/mol. The first-order valence-corrected chi connectivity index (χ1v) is 11.9. The lowest BCUT2D eigenvalue weighted by Crippen LogP contribution is -2.48. The van der Waals surface area contributed by atoms with E-state index in [1.165, 1.54) is 23.0 Å². The van der Waals surface area contributed by atoms with Crippen molar-refractivity contribution in [2.75, 3.05) is 36.8 Å². The van der Waals surface area contributed by atoms with Crippen molar-refractivity contribution < 1.29 is 9.18 Å². The zero-order valence-corrected chi connectivity index (χ0v) is 17.9. The summed E-state index contributed by atoms with van der Waals surface area (Å²) >= 11 is 3.39. The molecule has 3 aromatic rings. The van der Waals surface area contributed by atoms with Crippen molar-refractivity contribution in [2.45, 2.75) is 18.6 Å². The average Bonchev–Trinajstić information content (AvgIpc) is 3.20. The molecule has 1 aromatic heterocycles. The van der Waals surface area contributed by atoms with Crippen LogP contribution in [-0.2, 0) is 10.5 Å². The Balaban J connectivity index is 1.19. The summed E-state index contributed by atoms with van der Waals surface area (Å²) in [6, 6.07) is 15.5. The van der Waals surface area contributed by atoms with E-state index in [0.717, 1.165) is 40.8 Å². The first-order chi connectivity index (χ1) is 14.2. The number of benzene rings is 2. The molecule has 1 fully saturated rings.